The van der Waals surface area contributed by atoms with Crippen LogP contribution in [0.1, 0.15) is 60.5 Å². The number of nitrogens with zero attached hydrogens (tertiary/aromatic N) is 1. The molecular formula is C33H37N3O2. The molecule has 6 aliphatic rings. The minimum atomic E-state index is -0.132. The Kier molecular flexibility index (Phi) is 6.10. The minimum absolute atomic E-state index is 0.0512. The first-order chi connectivity index (χ1) is 18.7. The second-order valence-electron chi connectivity index (χ2n) is 12.0. The van der Waals surface area contributed by atoms with Gasteiger partial charge in [0.25, 0.3) is 5.91 Å². The third-order valence-electron chi connectivity index (χ3n) is 10.1. The van der Waals surface area contributed by atoms with Crippen molar-refractivity contribution in [3.05, 3.63) is 90.0 Å². The SMILES string of the molecule is O=C(N[C@@H]1C2CCC(CC2)[C@@H]1C(=O)N1CC[C@@H]2[C@H](C3C=CC=CC3)Nc3ccccc3[C@@H]21)c1ccccc1. The standard InChI is InChI=1S/C33H37N3O2/c37-32(24-11-5-2-6-12-24)35-30-23-17-15-21(16-18-23)28(30)33(38)36-20-19-26-29(22-9-3-1-4-10-22)34-27-14-8-7-13-25(27)31(26)36/h1-9,11-14,21-23,26,28-31,34H,10,15-20H2,(H,35,37)/t21?,22?,23?,26-,28+,29+,30-,31+/m1/s1. The fraction of sp³-hybridized carbons (Fsp3) is 0.455. The van der Waals surface area contributed by atoms with Crippen molar-refractivity contribution in [1.29, 1.82) is 0 Å². The maximum atomic E-state index is 14.6. The van der Waals surface area contributed by atoms with E-state index in [1.54, 1.807) is 0 Å². The normalized spacial score (nSPS) is 34.8. The lowest BCUT2D eigenvalue weighted by atomic mass is 9.61. The van der Waals surface area contributed by atoms with E-state index in [2.05, 4.69) is 64.1 Å². The van der Waals surface area contributed by atoms with Gasteiger partial charge in [-0.3, -0.25) is 9.59 Å². The smallest absolute Gasteiger partial charge is 0.251 e. The summed E-state index contributed by atoms with van der Waals surface area (Å²) < 4.78 is 0. The summed E-state index contributed by atoms with van der Waals surface area (Å²) in [5, 5.41) is 7.23. The molecule has 3 saturated carbocycles. The number of carbonyl (C=O) groups is 2. The topological polar surface area (TPSA) is 61.4 Å². The zero-order chi connectivity index (χ0) is 25.6. The number of rotatable bonds is 4. The summed E-state index contributed by atoms with van der Waals surface area (Å²) in [5.74, 6) is 1.63. The Morgan fingerprint density at radius 2 is 1.63 bits per heavy atom. The highest BCUT2D eigenvalue weighted by atomic mass is 16.2. The second-order valence-corrected chi connectivity index (χ2v) is 12.0. The summed E-state index contributed by atoms with van der Waals surface area (Å²) in [6.45, 7) is 0.792. The third kappa shape index (κ3) is 3.98. The van der Waals surface area contributed by atoms with Crippen LogP contribution in [0, 0.1) is 29.6 Å². The van der Waals surface area contributed by atoms with Crippen molar-refractivity contribution in [2.45, 2.75) is 56.7 Å². The van der Waals surface area contributed by atoms with Gasteiger partial charge in [-0.25, -0.2) is 0 Å². The number of amides is 2. The Bertz CT molecular complexity index is 1260. The lowest BCUT2D eigenvalue weighted by molar-refractivity contribution is -0.144. The third-order valence-corrected chi connectivity index (χ3v) is 10.1. The largest absolute Gasteiger partial charge is 0.381 e. The van der Waals surface area contributed by atoms with Crippen molar-refractivity contribution in [2.24, 2.45) is 29.6 Å². The summed E-state index contributed by atoms with van der Waals surface area (Å²) in [5.41, 5.74) is 3.09. The number of para-hydroxylation sites is 1. The van der Waals surface area contributed by atoms with Crippen LogP contribution < -0.4 is 10.6 Å². The quantitative estimate of drug-likeness (QED) is 0.555. The molecule has 4 fully saturated rings. The number of anilines is 1. The highest BCUT2D eigenvalue weighted by molar-refractivity contribution is 5.95. The van der Waals surface area contributed by atoms with Crippen LogP contribution in [0.5, 0.6) is 0 Å². The van der Waals surface area contributed by atoms with Gasteiger partial charge in [-0.1, -0.05) is 60.7 Å². The van der Waals surface area contributed by atoms with Crippen LogP contribution in [-0.4, -0.2) is 35.3 Å². The lowest BCUT2D eigenvalue weighted by Crippen LogP contribution is -2.59. The van der Waals surface area contributed by atoms with Crippen molar-refractivity contribution in [3.63, 3.8) is 0 Å². The van der Waals surface area contributed by atoms with E-state index < -0.39 is 0 Å². The van der Waals surface area contributed by atoms with Crippen LogP contribution in [0.4, 0.5) is 5.69 Å². The van der Waals surface area contributed by atoms with Crippen LogP contribution in [0.15, 0.2) is 78.9 Å². The van der Waals surface area contributed by atoms with Gasteiger partial charge in [0.15, 0.2) is 0 Å². The lowest BCUT2D eigenvalue weighted by Gasteiger charge is -2.50. The fourth-order valence-electron chi connectivity index (χ4n) is 8.33. The summed E-state index contributed by atoms with van der Waals surface area (Å²) in [4.78, 5) is 30.0. The van der Waals surface area contributed by atoms with Crippen molar-refractivity contribution in [3.8, 4) is 0 Å². The Balaban J connectivity index is 1.19. The van der Waals surface area contributed by atoms with E-state index in [4.69, 9.17) is 0 Å². The fourth-order valence-corrected chi connectivity index (χ4v) is 8.33. The van der Waals surface area contributed by atoms with Gasteiger partial charge in [-0.2, -0.15) is 0 Å². The summed E-state index contributed by atoms with van der Waals surface area (Å²) in [6, 6.07) is 18.4. The first kappa shape index (κ1) is 23.8. The number of benzene rings is 2. The molecule has 2 aromatic carbocycles. The number of allylic oxidation sites excluding steroid dienone is 3. The molecule has 1 saturated heterocycles. The molecule has 5 heteroatoms. The average molecular weight is 508 g/mol. The number of hydrogen-bond acceptors (Lipinski definition) is 3. The summed E-state index contributed by atoms with van der Waals surface area (Å²) in [6.07, 6.45) is 15.4. The van der Waals surface area contributed by atoms with Crippen LogP contribution in [0.3, 0.4) is 0 Å². The van der Waals surface area contributed by atoms with E-state index in [0.29, 0.717) is 35.3 Å². The van der Waals surface area contributed by atoms with E-state index in [-0.39, 0.29) is 29.8 Å². The van der Waals surface area contributed by atoms with Crippen LogP contribution in [-0.2, 0) is 4.79 Å². The molecule has 2 amide bonds. The van der Waals surface area contributed by atoms with Gasteiger partial charge in [0.05, 0.1) is 12.0 Å². The van der Waals surface area contributed by atoms with Gasteiger partial charge < -0.3 is 15.5 Å². The maximum absolute atomic E-state index is 14.6. The minimum Gasteiger partial charge on any atom is -0.381 e. The first-order valence-electron chi connectivity index (χ1n) is 14.5. The monoisotopic (exact) mass is 507 g/mol. The summed E-state index contributed by atoms with van der Waals surface area (Å²) in [7, 11) is 0. The molecule has 2 bridgehead atoms. The van der Waals surface area contributed by atoms with Crippen molar-refractivity contribution in [2.75, 3.05) is 11.9 Å². The molecule has 2 aromatic rings. The molecule has 5 nitrogen and oxygen atoms in total. The van der Waals surface area contributed by atoms with Gasteiger partial charge in [0, 0.05) is 41.7 Å². The molecule has 38 heavy (non-hydrogen) atoms. The molecule has 2 N–H and O–H groups in total. The average Bonchev–Trinajstić information content (AvgIpc) is 3.43. The molecule has 0 spiro atoms. The van der Waals surface area contributed by atoms with Gasteiger partial charge in [0.1, 0.15) is 0 Å². The molecule has 4 aliphatic carbocycles. The van der Waals surface area contributed by atoms with E-state index in [1.807, 2.05) is 30.3 Å². The first-order valence-corrected chi connectivity index (χ1v) is 14.5. The number of fused-ring (bicyclic) bond motifs is 6. The molecule has 196 valence electrons. The van der Waals surface area contributed by atoms with Crippen LogP contribution in [0.25, 0.3) is 0 Å². The van der Waals surface area contributed by atoms with Crippen molar-refractivity contribution < 1.29 is 9.59 Å². The molecule has 0 aromatic heterocycles. The number of likely N-dealkylation sites (tertiary alicyclic amines) is 1. The molecular weight excluding hydrogens is 470 g/mol. The number of nitrogens with one attached hydrogen (secondary N) is 2. The Morgan fingerprint density at radius 1 is 0.868 bits per heavy atom. The molecule has 6 atom stereocenters. The highest BCUT2D eigenvalue weighted by Crippen LogP contribution is 2.52. The highest BCUT2D eigenvalue weighted by Gasteiger charge is 2.53. The van der Waals surface area contributed by atoms with Gasteiger partial charge >= 0.3 is 0 Å². The Labute approximate surface area is 225 Å². The molecule has 2 heterocycles. The van der Waals surface area contributed by atoms with E-state index in [1.165, 1.54) is 11.3 Å². The Morgan fingerprint density at radius 3 is 2.42 bits per heavy atom. The molecule has 1 unspecified atom stereocenters. The van der Waals surface area contributed by atoms with E-state index in [0.717, 1.165) is 45.1 Å². The van der Waals surface area contributed by atoms with E-state index in [9.17, 15) is 9.59 Å². The zero-order valence-corrected chi connectivity index (χ0v) is 21.8. The van der Waals surface area contributed by atoms with Crippen molar-refractivity contribution >= 4 is 17.5 Å². The number of hydrogen-bond donors (Lipinski definition) is 2. The van der Waals surface area contributed by atoms with Crippen LogP contribution >= 0.6 is 0 Å². The van der Waals surface area contributed by atoms with E-state index >= 15 is 0 Å². The zero-order valence-electron chi connectivity index (χ0n) is 21.8. The maximum Gasteiger partial charge on any atom is 0.251 e. The summed E-state index contributed by atoms with van der Waals surface area (Å²) >= 11 is 0. The number of carbonyl (C=O) groups excluding carboxylic acids is 2. The molecule has 2 aliphatic heterocycles. The van der Waals surface area contributed by atoms with Gasteiger partial charge in [-0.15, -0.1) is 0 Å². The van der Waals surface area contributed by atoms with Gasteiger partial charge in [0.2, 0.25) is 5.91 Å². The van der Waals surface area contributed by atoms with Gasteiger partial charge in [-0.05, 0) is 74.1 Å². The molecule has 8 rings (SSSR count). The molecule has 0 radical (unpaired) electrons. The second kappa shape index (κ2) is 9.76. The predicted molar refractivity (Wildman–Crippen MR) is 149 cm³/mol. The predicted octanol–water partition coefficient (Wildman–Crippen LogP) is 5.74. The van der Waals surface area contributed by atoms with Crippen molar-refractivity contribution in [1.82, 2.24) is 10.2 Å². The Hall–Kier alpha value is -3.34. The van der Waals surface area contributed by atoms with Crippen LogP contribution in [0.2, 0.25) is 0 Å².